The van der Waals surface area contributed by atoms with Gasteiger partial charge in [0.05, 0.1) is 6.04 Å². The van der Waals surface area contributed by atoms with E-state index < -0.39 is 5.91 Å². The van der Waals surface area contributed by atoms with Gasteiger partial charge in [-0.2, -0.15) is 0 Å². The van der Waals surface area contributed by atoms with Gasteiger partial charge in [-0.3, -0.25) is 4.79 Å². The van der Waals surface area contributed by atoms with E-state index in [2.05, 4.69) is 20.8 Å². The third kappa shape index (κ3) is 5.02. The Morgan fingerprint density at radius 1 is 1.13 bits per heavy atom. The lowest BCUT2D eigenvalue weighted by Crippen LogP contribution is -2.34. The number of benzene rings is 2. The Morgan fingerprint density at radius 3 is 2.71 bits per heavy atom. The first-order valence-electron chi connectivity index (χ1n) is 9.65. The molecule has 10 heteroatoms. The number of nitrogens with zero attached hydrogens (tertiary/aromatic N) is 3. The maximum Gasteiger partial charge on any atom is 0.322 e. The van der Waals surface area contributed by atoms with Crippen molar-refractivity contribution >= 4 is 46.4 Å². The van der Waals surface area contributed by atoms with Crippen LogP contribution in [-0.4, -0.2) is 39.8 Å². The number of amides is 3. The van der Waals surface area contributed by atoms with Crippen molar-refractivity contribution in [3.8, 4) is 0 Å². The number of carbonyl (C=O) groups excluding carboxylic acids is 2. The maximum atomic E-state index is 13.0. The van der Waals surface area contributed by atoms with Crippen molar-refractivity contribution in [3.05, 3.63) is 64.4 Å². The standard InChI is InChI=1S/C21H20FN5O2S2/c1-30-16-5-2-4-15(12-16)24-21(29)27-11-3-6-17(27)19-25-26-20(31-19)18(28)23-14-9-7-13(22)8-10-14/h2,4-5,7-10,12,17H,3,6,11H2,1H3,(H,23,28)(H,24,29)/t17-/m1/s1. The molecule has 31 heavy (non-hydrogen) atoms. The van der Waals surface area contributed by atoms with E-state index in [1.807, 2.05) is 30.5 Å². The van der Waals surface area contributed by atoms with Crippen LogP contribution in [0.15, 0.2) is 53.4 Å². The molecule has 4 rings (SSSR count). The zero-order valence-electron chi connectivity index (χ0n) is 16.7. The number of nitrogens with one attached hydrogen (secondary N) is 2. The summed E-state index contributed by atoms with van der Waals surface area (Å²) in [5.41, 5.74) is 1.21. The Balaban J connectivity index is 1.43. The maximum absolute atomic E-state index is 13.0. The normalized spacial score (nSPS) is 15.7. The first-order chi connectivity index (χ1) is 15.0. The highest BCUT2D eigenvalue weighted by Crippen LogP contribution is 2.34. The number of likely N-dealkylation sites (tertiary alicyclic amines) is 1. The molecule has 3 aromatic rings. The molecule has 0 aliphatic carbocycles. The summed E-state index contributed by atoms with van der Waals surface area (Å²) in [5.74, 6) is -0.797. The summed E-state index contributed by atoms with van der Waals surface area (Å²) in [4.78, 5) is 28.1. The van der Waals surface area contributed by atoms with Gasteiger partial charge in [-0.25, -0.2) is 9.18 Å². The number of thioether (sulfide) groups is 1. The van der Waals surface area contributed by atoms with Gasteiger partial charge >= 0.3 is 6.03 Å². The van der Waals surface area contributed by atoms with E-state index in [0.717, 1.165) is 34.8 Å². The number of hydrogen-bond acceptors (Lipinski definition) is 6. The molecule has 0 radical (unpaired) electrons. The summed E-state index contributed by atoms with van der Waals surface area (Å²) < 4.78 is 13.0. The van der Waals surface area contributed by atoms with Crippen molar-refractivity contribution in [2.24, 2.45) is 0 Å². The molecular formula is C21H20FN5O2S2. The molecule has 7 nitrogen and oxygen atoms in total. The van der Waals surface area contributed by atoms with Crippen molar-refractivity contribution < 1.29 is 14.0 Å². The van der Waals surface area contributed by atoms with E-state index >= 15 is 0 Å². The minimum absolute atomic E-state index is 0.194. The first kappa shape index (κ1) is 21.3. The topological polar surface area (TPSA) is 87.2 Å². The molecule has 0 unspecified atom stereocenters. The molecule has 2 N–H and O–H groups in total. The second-order valence-corrected chi connectivity index (χ2v) is 8.81. The lowest BCUT2D eigenvalue weighted by Gasteiger charge is -2.23. The van der Waals surface area contributed by atoms with E-state index in [-0.39, 0.29) is 22.9 Å². The lowest BCUT2D eigenvalue weighted by molar-refractivity contribution is 0.102. The van der Waals surface area contributed by atoms with Crippen LogP contribution in [0.1, 0.15) is 33.7 Å². The van der Waals surface area contributed by atoms with E-state index in [4.69, 9.17) is 0 Å². The van der Waals surface area contributed by atoms with Gasteiger partial charge in [0.15, 0.2) is 0 Å². The summed E-state index contributed by atoms with van der Waals surface area (Å²) in [6, 6.07) is 12.7. The minimum atomic E-state index is -0.418. The quantitative estimate of drug-likeness (QED) is 0.525. The van der Waals surface area contributed by atoms with Crippen LogP contribution in [0, 0.1) is 5.82 Å². The molecule has 1 aliphatic heterocycles. The summed E-state index contributed by atoms with van der Waals surface area (Å²) in [6.45, 7) is 0.607. The van der Waals surface area contributed by atoms with Crippen LogP contribution in [0.2, 0.25) is 0 Å². The van der Waals surface area contributed by atoms with Crippen molar-refractivity contribution in [1.82, 2.24) is 15.1 Å². The fourth-order valence-electron chi connectivity index (χ4n) is 3.34. The van der Waals surface area contributed by atoms with E-state index in [1.165, 1.54) is 24.3 Å². The Bertz CT molecular complexity index is 1090. The molecule has 0 saturated carbocycles. The number of aromatic nitrogens is 2. The fourth-order valence-corrected chi connectivity index (χ4v) is 4.69. The van der Waals surface area contributed by atoms with Crippen LogP contribution in [0.25, 0.3) is 0 Å². The third-order valence-electron chi connectivity index (χ3n) is 4.86. The van der Waals surface area contributed by atoms with Gasteiger partial charge in [0.25, 0.3) is 5.91 Å². The van der Waals surface area contributed by atoms with Crippen molar-refractivity contribution in [2.45, 2.75) is 23.8 Å². The molecular weight excluding hydrogens is 437 g/mol. The Hall–Kier alpha value is -2.98. The monoisotopic (exact) mass is 457 g/mol. The number of anilines is 2. The summed E-state index contributed by atoms with van der Waals surface area (Å²) in [5, 5.41) is 14.6. The highest BCUT2D eigenvalue weighted by Gasteiger charge is 2.33. The fraction of sp³-hybridized carbons (Fsp3) is 0.238. The van der Waals surface area contributed by atoms with E-state index in [9.17, 15) is 14.0 Å². The van der Waals surface area contributed by atoms with Crippen LogP contribution in [0.5, 0.6) is 0 Å². The van der Waals surface area contributed by atoms with Crippen LogP contribution in [0.3, 0.4) is 0 Å². The SMILES string of the molecule is CSc1cccc(NC(=O)N2CCC[C@@H]2c2nnc(C(=O)Nc3ccc(F)cc3)s2)c1. The van der Waals surface area contributed by atoms with Crippen LogP contribution >= 0.6 is 23.1 Å². The van der Waals surface area contributed by atoms with E-state index in [1.54, 1.807) is 16.7 Å². The third-order valence-corrected chi connectivity index (χ3v) is 6.61. The van der Waals surface area contributed by atoms with Crippen LogP contribution < -0.4 is 10.6 Å². The Labute approximate surface area is 187 Å². The average molecular weight is 458 g/mol. The number of halogens is 1. The second kappa shape index (κ2) is 9.44. The molecule has 1 aliphatic rings. The largest absolute Gasteiger partial charge is 0.322 e. The summed E-state index contributed by atoms with van der Waals surface area (Å²) >= 11 is 2.77. The van der Waals surface area contributed by atoms with Gasteiger partial charge < -0.3 is 15.5 Å². The zero-order valence-corrected chi connectivity index (χ0v) is 18.3. The first-order valence-corrected chi connectivity index (χ1v) is 11.7. The molecule has 1 atom stereocenters. The number of rotatable bonds is 5. The lowest BCUT2D eigenvalue weighted by atomic mass is 10.2. The van der Waals surface area contributed by atoms with Gasteiger partial charge in [-0.1, -0.05) is 17.4 Å². The molecule has 1 saturated heterocycles. The molecule has 2 heterocycles. The number of carbonyl (C=O) groups is 2. The summed E-state index contributed by atoms with van der Waals surface area (Å²) in [6.07, 6.45) is 3.59. The molecule has 0 bridgehead atoms. The molecule has 2 aromatic carbocycles. The van der Waals surface area contributed by atoms with Crippen molar-refractivity contribution in [2.75, 3.05) is 23.4 Å². The minimum Gasteiger partial charge on any atom is -0.320 e. The number of hydrogen-bond donors (Lipinski definition) is 2. The Morgan fingerprint density at radius 2 is 1.94 bits per heavy atom. The predicted molar refractivity (Wildman–Crippen MR) is 120 cm³/mol. The molecule has 1 fully saturated rings. The molecule has 160 valence electrons. The van der Waals surface area contributed by atoms with Gasteiger partial charge in [-0.05, 0) is 61.6 Å². The van der Waals surface area contributed by atoms with E-state index in [0.29, 0.717) is 17.2 Å². The molecule has 3 amide bonds. The van der Waals surface area contributed by atoms with Gasteiger partial charge in [0, 0.05) is 22.8 Å². The summed E-state index contributed by atoms with van der Waals surface area (Å²) in [7, 11) is 0. The zero-order chi connectivity index (χ0) is 21.8. The van der Waals surface area contributed by atoms with Gasteiger partial charge in [-0.15, -0.1) is 22.0 Å². The molecule has 1 aromatic heterocycles. The average Bonchev–Trinajstić information content (AvgIpc) is 3.45. The smallest absolute Gasteiger partial charge is 0.320 e. The number of urea groups is 1. The predicted octanol–water partition coefficient (Wildman–Crippen LogP) is 5.02. The van der Waals surface area contributed by atoms with Gasteiger partial charge in [0.2, 0.25) is 5.01 Å². The van der Waals surface area contributed by atoms with Crippen molar-refractivity contribution in [1.29, 1.82) is 0 Å². The highest BCUT2D eigenvalue weighted by atomic mass is 32.2. The molecule has 0 spiro atoms. The van der Waals surface area contributed by atoms with Crippen molar-refractivity contribution in [3.63, 3.8) is 0 Å². The Kier molecular flexibility index (Phi) is 6.47. The highest BCUT2D eigenvalue weighted by molar-refractivity contribution is 7.98. The van der Waals surface area contributed by atoms with Crippen LogP contribution in [0.4, 0.5) is 20.6 Å². The van der Waals surface area contributed by atoms with Gasteiger partial charge in [0.1, 0.15) is 10.8 Å². The second-order valence-electron chi connectivity index (χ2n) is 6.92. The van der Waals surface area contributed by atoms with Crippen LogP contribution in [-0.2, 0) is 0 Å².